The third-order valence-corrected chi connectivity index (χ3v) is 7.69. The monoisotopic (exact) mass is 492 g/mol. The second kappa shape index (κ2) is 13.9. The molecule has 5 atom stereocenters. The molecule has 0 aromatic heterocycles. The number of nitrogens with zero attached hydrogens (tertiary/aromatic N) is 2. The number of aliphatic hydroxyl groups is 1. The van der Waals surface area contributed by atoms with Gasteiger partial charge in [-0.3, -0.25) is 19.3 Å². The van der Waals surface area contributed by atoms with Crippen LogP contribution in [0.5, 0.6) is 0 Å². The van der Waals surface area contributed by atoms with Gasteiger partial charge in [-0.05, 0) is 25.2 Å². The Balaban J connectivity index is 1.75. The molecule has 3 amide bonds. The lowest BCUT2D eigenvalue weighted by atomic mass is 9.68. The lowest BCUT2D eigenvalue weighted by molar-refractivity contribution is -0.140. The van der Waals surface area contributed by atoms with E-state index in [1.165, 1.54) is 0 Å². The van der Waals surface area contributed by atoms with E-state index in [-0.39, 0.29) is 36.2 Å². The van der Waals surface area contributed by atoms with Gasteiger partial charge in [-0.2, -0.15) is 0 Å². The van der Waals surface area contributed by atoms with Crippen LogP contribution in [0.3, 0.4) is 0 Å². The van der Waals surface area contributed by atoms with Crippen molar-refractivity contribution in [1.29, 1.82) is 0 Å². The summed E-state index contributed by atoms with van der Waals surface area (Å²) >= 11 is 0. The molecular weight excluding hydrogens is 448 g/mol. The quantitative estimate of drug-likeness (QED) is 0.259. The summed E-state index contributed by atoms with van der Waals surface area (Å²) in [6.07, 6.45) is 9.15. The lowest BCUT2D eigenvalue weighted by Crippen LogP contribution is -2.49. The van der Waals surface area contributed by atoms with E-state index >= 15 is 0 Å². The molecule has 0 aromatic rings. The van der Waals surface area contributed by atoms with E-state index in [1.54, 1.807) is 11.9 Å². The first-order valence-corrected chi connectivity index (χ1v) is 13.4. The van der Waals surface area contributed by atoms with Gasteiger partial charge in [0.1, 0.15) is 6.04 Å². The first kappa shape index (κ1) is 27.6. The average molecular weight is 493 g/mol. The Bertz CT molecular complexity index is 739. The van der Waals surface area contributed by atoms with Gasteiger partial charge < -0.3 is 25.4 Å². The molecule has 9 nitrogen and oxygen atoms in total. The molecule has 3 aliphatic rings. The number of ether oxygens (including phenoxy) is 1. The SMILES string of the molecule is CCC[C@@H]1C=C[C@H]2[C@H](C(=O)N(CCCCCCO)[C@@H]2C(=O)NCCN2CCOCC2)[C@@H]1C(=O)NC. The molecule has 0 spiro atoms. The van der Waals surface area contributed by atoms with Gasteiger partial charge >= 0.3 is 0 Å². The van der Waals surface area contributed by atoms with E-state index in [0.717, 1.165) is 58.2 Å². The van der Waals surface area contributed by atoms with Crippen LogP contribution in [0.15, 0.2) is 12.2 Å². The van der Waals surface area contributed by atoms with Gasteiger partial charge in [0.15, 0.2) is 0 Å². The number of amides is 3. The van der Waals surface area contributed by atoms with Crippen LogP contribution in [-0.4, -0.2) is 98.3 Å². The van der Waals surface area contributed by atoms with Crippen LogP contribution < -0.4 is 10.6 Å². The number of fused-ring (bicyclic) bond motifs is 1. The normalized spacial score (nSPS) is 28.7. The molecule has 0 radical (unpaired) electrons. The molecule has 3 N–H and O–H groups in total. The highest BCUT2D eigenvalue weighted by molar-refractivity contribution is 5.96. The lowest BCUT2D eigenvalue weighted by Gasteiger charge is -2.34. The largest absolute Gasteiger partial charge is 0.396 e. The minimum absolute atomic E-state index is 0.000291. The zero-order chi connectivity index (χ0) is 25.2. The third kappa shape index (κ3) is 6.83. The van der Waals surface area contributed by atoms with E-state index < -0.39 is 17.9 Å². The molecule has 0 aromatic carbocycles. The number of unbranched alkanes of at least 4 members (excludes halogenated alkanes) is 3. The Kier molecular flexibility index (Phi) is 11.0. The molecular formula is C26H44N4O5. The van der Waals surface area contributed by atoms with Gasteiger partial charge in [0, 0.05) is 52.3 Å². The highest BCUT2D eigenvalue weighted by atomic mass is 16.5. The molecule has 1 aliphatic carbocycles. The molecule has 2 fully saturated rings. The van der Waals surface area contributed by atoms with Gasteiger partial charge in [0.2, 0.25) is 17.7 Å². The van der Waals surface area contributed by atoms with Crippen molar-refractivity contribution in [3.63, 3.8) is 0 Å². The molecule has 0 bridgehead atoms. The number of hydrogen-bond donors (Lipinski definition) is 3. The van der Waals surface area contributed by atoms with Crippen molar-refractivity contribution in [1.82, 2.24) is 20.4 Å². The number of aliphatic hydroxyl groups excluding tert-OH is 1. The van der Waals surface area contributed by atoms with E-state index in [2.05, 4.69) is 28.5 Å². The summed E-state index contributed by atoms with van der Waals surface area (Å²) in [6, 6.07) is -0.596. The van der Waals surface area contributed by atoms with Gasteiger partial charge in [-0.15, -0.1) is 0 Å². The van der Waals surface area contributed by atoms with Gasteiger partial charge in [0.25, 0.3) is 0 Å². The Morgan fingerprint density at radius 3 is 2.51 bits per heavy atom. The van der Waals surface area contributed by atoms with Crippen LogP contribution in [0.25, 0.3) is 0 Å². The molecule has 35 heavy (non-hydrogen) atoms. The number of nitrogens with one attached hydrogen (secondary N) is 2. The summed E-state index contributed by atoms with van der Waals surface area (Å²) in [5.74, 6) is -1.60. The molecule has 3 rings (SSSR count). The summed E-state index contributed by atoms with van der Waals surface area (Å²) in [5.41, 5.74) is 0. The van der Waals surface area contributed by atoms with Crippen molar-refractivity contribution in [2.24, 2.45) is 23.7 Å². The van der Waals surface area contributed by atoms with Crippen LogP contribution in [-0.2, 0) is 19.1 Å². The molecule has 2 heterocycles. The standard InChI is InChI=1S/C26H44N4O5/c1-3-8-19-9-10-20-22(21(19)24(32)27-2)26(34)30(12-6-4-5-7-16-31)23(20)25(33)28-11-13-29-14-17-35-18-15-29/h9-10,19-23,31H,3-8,11-18H2,1-2H3,(H,27,32)(H,28,33)/t19-,20+,21-,22+,23+/m1/s1. The van der Waals surface area contributed by atoms with Crippen LogP contribution in [0, 0.1) is 23.7 Å². The predicted octanol–water partition coefficient (Wildman–Crippen LogP) is 0.779. The number of rotatable bonds is 13. The molecule has 0 saturated carbocycles. The molecule has 9 heteroatoms. The van der Waals surface area contributed by atoms with Gasteiger partial charge in [-0.25, -0.2) is 0 Å². The van der Waals surface area contributed by atoms with Crippen molar-refractivity contribution in [2.45, 2.75) is 51.5 Å². The first-order chi connectivity index (χ1) is 17.0. The second-order valence-corrected chi connectivity index (χ2v) is 9.94. The maximum Gasteiger partial charge on any atom is 0.243 e. The van der Waals surface area contributed by atoms with Crippen molar-refractivity contribution >= 4 is 17.7 Å². The number of carbonyl (C=O) groups excluding carboxylic acids is 3. The Labute approximate surface area is 209 Å². The van der Waals surface area contributed by atoms with Gasteiger partial charge in [-0.1, -0.05) is 38.3 Å². The number of allylic oxidation sites excluding steroid dienone is 1. The minimum Gasteiger partial charge on any atom is -0.396 e. The summed E-state index contributed by atoms with van der Waals surface area (Å²) in [4.78, 5) is 44.2. The fourth-order valence-electron chi connectivity index (χ4n) is 5.89. The Morgan fingerprint density at radius 2 is 1.83 bits per heavy atom. The first-order valence-electron chi connectivity index (χ1n) is 13.4. The Hall–Kier alpha value is -1.97. The van der Waals surface area contributed by atoms with Crippen LogP contribution in [0.4, 0.5) is 0 Å². The highest BCUT2D eigenvalue weighted by Gasteiger charge is 2.56. The summed E-state index contributed by atoms with van der Waals surface area (Å²) in [7, 11) is 1.62. The minimum atomic E-state index is -0.596. The predicted molar refractivity (Wildman–Crippen MR) is 133 cm³/mol. The number of carbonyl (C=O) groups is 3. The Morgan fingerprint density at radius 1 is 1.09 bits per heavy atom. The number of likely N-dealkylation sites (tertiary alicyclic amines) is 1. The van der Waals surface area contributed by atoms with Crippen molar-refractivity contribution in [3.8, 4) is 0 Å². The summed E-state index contributed by atoms with van der Waals surface area (Å²) in [5, 5.41) is 14.9. The van der Waals surface area contributed by atoms with Crippen molar-refractivity contribution < 1.29 is 24.2 Å². The van der Waals surface area contributed by atoms with E-state index in [1.807, 2.05) is 6.08 Å². The highest BCUT2D eigenvalue weighted by Crippen LogP contribution is 2.45. The molecule has 2 saturated heterocycles. The van der Waals surface area contributed by atoms with Gasteiger partial charge in [0.05, 0.1) is 25.0 Å². The van der Waals surface area contributed by atoms with E-state index in [0.29, 0.717) is 26.3 Å². The summed E-state index contributed by atoms with van der Waals surface area (Å²) < 4.78 is 5.39. The van der Waals surface area contributed by atoms with Crippen LogP contribution >= 0.6 is 0 Å². The third-order valence-electron chi connectivity index (χ3n) is 7.69. The molecule has 198 valence electrons. The van der Waals surface area contributed by atoms with E-state index in [4.69, 9.17) is 9.84 Å². The summed E-state index contributed by atoms with van der Waals surface area (Å²) in [6.45, 7) is 7.15. The van der Waals surface area contributed by atoms with Crippen molar-refractivity contribution in [2.75, 3.05) is 59.6 Å². The average Bonchev–Trinajstić information content (AvgIpc) is 3.15. The zero-order valence-electron chi connectivity index (χ0n) is 21.4. The topological polar surface area (TPSA) is 111 Å². The fourth-order valence-corrected chi connectivity index (χ4v) is 5.89. The fraction of sp³-hybridized carbons (Fsp3) is 0.808. The zero-order valence-corrected chi connectivity index (χ0v) is 21.4. The van der Waals surface area contributed by atoms with Crippen LogP contribution in [0.1, 0.15) is 45.4 Å². The number of morpholine rings is 1. The maximum atomic E-state index is 13.7. The molecule has 0 unspecified atom stereocenters. The number of hydrogen-bond acceptors (Lipinski definition) is 6. The second-order valence-electron chi connectivity index (χ2n) is 9.94. The van der Waals surface area contributed by atoms with Crippen molar-refractivity contribution in [3.05, 3.63) is 12.2 Å². The smallest absolute Gasteiger partial charge is 0.243 e. The maximum absolute atomic E-state index is 13.7. The van der Waals surface area contributed by atoms with Crippen LogP contribution in [0.2, 0.25) is 0 Å². The molecule has 2 aliphatic heterocycles. The van der Waals surface area contributed by atoms with E-state index in [9.17, 15) is 14.4 Å².